The van der Waals surface area contributed by atoms with Gasteiger partial charge in [0.05, 0.1) is 19.9 Å². The van der Waals surface area contributed by atoms with Crippen molar-refractivity contribution in [2.75, 3.05) is 26.5 Å². The lowest BCUT2D eigenvalue weighted by Gasteiger charge is -2.20. The zero-order chi connectivity index (χ0) is 19.9. The van der Waals surface area contributed by atoms with Gasteiger partial charge in [0.1, 0.15) is 11.6 Å². The molecule has 0 saturated carbocycles. The van der Waals surface area contributed by atoms with Crippen molar-refractivity contribution in [3.8, 4) is 5.75 Å². The van der Waals surface area contributed by atoms with Crippen LogP contribution in [0.15, 0.2) is 48.5 Å². The first-order valence-corrected chi connectivity index (χ1v) is 10.2. The van der Waals surface area contributed by atoms with Crippen LogP contribution in [0, 0.1) is 5.82 Å². The molecule has 0 aliphatic carbocycles. The number of sulfonamides is 1. The van der Waals surface area contributed by atoms with E-state index in [-0.39, 0.29) is 18.9 Å². The second kappa shape index (κ2) is 9.48. The van der Waals surface area contributed by atoms with Crippen LogP contribution >= 0.6 is 0 Å². The first kappa shape index (κ1) is 20.9. The highest BCUT2D eigenvalue weighted by Gasteiger charge is 2.21. The van der Waals surface area contributed by atoms with Crippen LogP contribution < -0.4 is 10.1 Å². The Morgan fingerprint density at radius 3 is 2.44 bits per heavy atom. The largest absolute Gasteiger partial charge is 0.496 e. The normalized spacial score (nSPS) is 11.4. The molecule has 0 saturated heterocycles. The summed E-state index contributed by atoms with van der Waals surface area (Å²) in [5.74, 6) is -0.164. The fourth-order valence-electron chi connectivity index (χ4n) is 2.53. The Morgan fingerprint density at radius 2 is 1.81 bits per heavy atom. The van der Waals surface area contributed by atoms with Gasteiger partial charge < -0.3 is 10.1 Å². The molecule has 0 unspecified atom stereocenters. The molecule has 8 heteroatoms. The van der Waals surface area contributed by atoms with Crippen LogP contribution in [0.5, 0.6) is 5.75 Å². The molecule has 0 radical (unpaired) electrons. The maximum Gasteiger partial charge on any atom is 0.235 e. The minimum Gasteiger partial charge on any atom is -0.496 e. The second-order valence-corrected chi connectivity index (χ2v) is 8.05. The topological polar surface area (TPSA) is 75.7 Å². The monoisotopic (exact) mass is 394 g/mol. The van der Waals surface area contributed by atoms with Gasteiger partial charge in [-0.1, -0.05) is 30.3 Å². The Labute approximate surface area is 159 Å². The van der Waals surface area contributed by atoms with E-state index < -0.39 is 15.9 Å². The van der Waals surface area contributed by atoms with Gasteiger partial charge in [-0.25, -0.2) is 12.8 Å². The van der Waals surface area contributed by atoms with Crippen molar-refractivity contribution in [3.63, 3.8) is 0 Å². The Morgan fingerprint density at radius 1 is 1.15 bits per heavy atom. The van der Waals surface area contributed by atoms with Crippen molar-refractivity contribution >= 4 is 15.9 Å². The van der Waals surface area contributed by atoms with Crippen LogP contribution in [0.25, 0.3) is 0 Å². The molecule has 0 spiro atoms. The van der Waals surface area contributed by atoms with Crippen molar-refractivity contribution in [1.82, 2.24) is 9.62 Å². The number of para-hydroxylation sites is 1. The average Bonchev–Trinajstić information content (AvgIpc) is 2.62. The molecular weight excluding hydrogens is 371 g/mol. The molecule has 1 amide bonds. The lowest BCUT2D eigenvalue weighted by molar-refractivity contribution is -0.121. The molecule has 1 N–H and O–H groups in total. The van der Waals surface area contributed by atoms with Crippen LogP contribution in [0.1, 0.15) is 11.1 Å². The summed E-state index contributed by atoms with van der Waals surface area (Å²) in [5.41, 5.74) is 1.55. The van der Waals surface area contributed by atoms with E-state index in [0.29, 0.717) is 24.3 Å². The number of carbonyl (C=O) groups is 1. The number of methoxy groups -OCH3 is 1. The predicted molar refractivity (Wildman–Crippen MR) is 101 cm³/mol. The number of ether oxygens (including phenoxy) is 1. The first-order chi connectivity index (χ1) is 12.8. The Hall–Kier alpha value is -2.45. The quantitative estimate of drug-likeness (QED) is 0.705. The van der Waals surface area contributed by atoms with Gasteiger partial charge in [0.2, 0.25) is 15.9 Å². The van der Waals surface area contributed by atoms with Crippen molar-refractivity contribution in [2.45, 2.75) is 13.0 Å². The number of halogens is 1. The summed E-state index contributed by atoms with van der Waals surface area (Å²) < 4.78 is 43.4. The molecule has 2 rings (SSSR count). The summed E-state index contributed by atoms with van der Waals surface area (Å²) in [6, 6.07) is 13.1. The van der Waals surface area contributed by atoms with E-state index in [0.717, 1.165) is 16.1 Å². The average molecular weight is 394 g/mol. The minimum absolute atomic E-state index is 0.0359. The molecule has 0 aromatic heterocycles. The molecule has 2 aromatic carbocycles. The van der Waals surface area contributed by atoms with Crippen molar-refractivity contribution in [1.29, 1.82) is 0 Å². The molecule has 0 aliphatic heterocycles. The number of benzene rings is 2. The molecule has 0 aliphatic rings. The third-order valence-electron chi connectivity index (χ3n) is 3.98. The van der Waals surface area contributed by atoms with E-state index in [4.69, 9.17) is 4.74 Å². The molecule has 2 aromatic rings. The van der Waals surface area contributed by atoms with Gasteiger partial charge in [0.15, 0.2) is 0 Å². The van der Waals surface area contributed by atoms with E-state index in [9.17, 15) is 17.6 Å². The summed E-state index contributed by atoms with van der Waals surface area (Å²) in [7, 11) is -2.08. The number of nitrogens with one attached hydrogen (secondary N) is 1. The third kappa shape index (κ3) is 6.65. The summed E-state index contributed by atoms with van der Waals surface area (Å²) >= 11 is 0. The maximum atomic E-state index is 12.9. The van der Waals surface area contributed by atoms with Crippen molar-refractivity contribution in [2.24, 2.45) is 0 Å². The van der Waals surface area contributed by atoms with E-state index in [1.54, 1.807) is 36.4 Å². The highest BCUT2D eigenvalue weighted by atomic mass is 32.2. The highest BCUT2D eigenvalue weighted by molar-refractivity contribution is 7.88. The Balaban J connectivity index is 1.95. The molecule has 6 nitrogen and oxygen atoms in total. The Kier molecular flexibility index (Phi) is 7.32. The van der Waals surface area contributed by atoms with Gasteiger partial charge >= 0.3 is 0 Å². The van der Waals surface area contributed by atoms with Gasteiger partial charge in [-0.05, 0) is 30.2 Å². The smallest absolute Gasteiger partial charge is 0.235 e. The standard InChI is InChI=1S/C19H23FN2O4S/c1-26-18-6-4-3-5-16(18)13-22(27(2,24)25)14-19(23)21-12-11-15-7-9-17(20)10-8-15/h3-10H,11-14H2,1-2H3,(H,21,23). The second-order valence-electron chi connectivity index (χ2n) is 6.07. The molecule has 0 atom stereocenters. The molecular formula is C19H23FN2O4S. The molecule has 27 heavy (non-hydrogen) atoms. The lowest BCUT2D eigenvalue weighted by Crippen LogP contribution is -2.40. The van der Waals surface area contributed by atoms with Gasteiger partial charge in [-0.15, -0.1) is 0 Å². The van der Waals surface area contributed by atoms with Crippen LogP contribution in [-0.2, 0) is 27.8 Å². The molecule has 0 heterocycles. The number of amides is 1. The third-order valence-corrected chi connectivity index (χ3v) is 5.17. The van der Waals surface area contributed by atoms with Gasteiger partial charge in [-0.2, -0.15) is 4.31 Å². The maximum absolute atomic E-state index is 12.9. The van der Waals surface area contributed by atoms with Gasteiger partial charge in [0, 0.05) is 18.7 Å². The van der Waals surface area contributed by atoms with E-state index >= 15 is 0 Å². The zero-order valence-corrected chi connectivity index (χ0v) is 16.1. The van der Waals surface area contributed by atoms with Crippen molar-refractivity contribution < 1.29 is 22.3 Å². The summed E-state index contributed by atoms with van der Waals surface area (Å²) in [4.78, 5) is 12.2. The zero-order valence-electron chi connectivity index (χ0n) is 15.3. The number of hydrogen-bond donors (Lipinski definition) is 1. The number of carbonyl (C=O) groups excluding carboxylic acids is 1. The first-order valence-electron chi connectivity index (χ1n) is 8.38. The number of nitrogens with zero attached hydrogens (tertiary/aromatic N) is 1. The van der Waals surface area contributed by atoms with Crippen LogP contribution in [0.2, 0.25) is 0 Å². The SMILES string of the molecule is COc1ccccc1CN(CC(=O)NCCc1ccc(F)cc1)S(C)(=O)=O. The highest BCUT2D eigenvalue weighted by Crippen LogP contribution is 2.20. The van der Waals surface area contributed by atoms with Crippen molar-refractivity contribution in [3.05, 3.63) is 65.5 Å². The fraction of sp³-hybridized carbons (Fsp3) is 0.316. The lowest BCUT2D eigenvalue weighted by atomic mass is 10.1. The molecule has 0 fully saturated rings. The van der Waals surface area contributed by atoms with E-state index in [2.05, 4.69) is 5.32 Å². The minimum atomic E-state index is -3.59. The van der Waals surface area contributed by atoms with Crippen LogP contribution in [0.3, 0.4) is 0 Å². The summed E-state index contributed by atoms with van der Waals surface area (Å²) in [5, 5.41) is 2.69. The summed E-state index contributed by atoms with van der Waals surface area (Å²) in [6.45, 7) is 0.0747. The summed E-state index contributed by atoms with van der Waals surface area (Å²) in [6.07, 6.45) is 1.59. The van der Waals surface area contributed by atoms with Crippen LogP contribution in [-0.4, -0.2) is 45.1 Å². The van der Waals surface area contributed by atoms with Gasteiger partial charge in [-0.3, -0.25) is 4.79 Å². The molecule has 0 bridgehead atoms. The Bertz CT molecular complexity index is 870. The van der Waals surface area contributed by atoms with Crippen LogP contribution in [0.4, 0.5) is 4.39 Å². The number of rotatable bonds is 9. The number of hydrogen-bond acceptors (Lipinski definition) is 4. The predicted octanol–water partition coefficient (Wildman–Crippen LogP) is 1.95. The van der Waals surface area contributed by atoms with E-state index in [1.165, 1.54) is 19.2 Å². The van der Waals surface area contributed by atoms with E-state index in [1.807, 2.05) is 0 Å². The fourth-order valence-corrected chi connectivity index (χ4v) is 3.25. The molecule has 146 valence electrons. The van der Waals surface area contributed by atoms with Gasteiger partial charge in [0.25, 0.3) is 0 Å².